The zero-order valence-corrected chi connectivity index (χ0v) is 18.7. The van der Waals surface area contributed by atoms with E-state index in [0.717, 1.165) is 30.7 Å². The number of imide groups is 1. The van der Waals surface area contributed by atoms with Gasteiger partial charge in [0.05, 0.1) is 13.7 Å². The summed E-state index contributed by atoms with van der Waals surface area (Å²) in [6.45, 7) is 5.40. The van der Waals surface area contributed by atoms with Crippen molar-refractivity contribution < 1.29 is 19.2 Å². The first-order valence-electron chi connectivity index (χ1n) is 10.6. The van der Waals surface area contributed by atoms with Crippen molar-refractivity contribution >= 4 is 23.3 Å². The fraction of sp³-hybridized carbons (Fsp3) is 0.478. The molecule has 0 spiro atoms. The number of urea groups is 1. The Bertz CT molecular complexity index is 926. The van der Waals surface area contributed by atoms with Crippen LogP contribution in [-0.2, 0) is 17.6 Å². The van der Waals surface area contributed by atoms with Crippen LogP contribution >= 0.6 is 11.3 Å². The smallest absolute Gasteiger partial charge is 0.329 e. The fourth-order valence-electron chi connectivity index (χ4n) is 4.68. The lowest BCUT2D eigenvalue weighted by Crippen LogP contribution is -3.14. The molecule has 30 heavy (non-hydrogen) atoms. The molecule has 1 unspecified atom stereocenters. The highest BCUT2D eigenvalue weighted by molar-refractivity contribution is 7.10. The van der Waals surface area contributed by atoms with Crippen LogP contribution in [0, 0.1) is 0 Å². The maximum atomic E-state index is 13.2. The van der Waals surface area contributed by atoms with E-state index in [4.69, 9.17) is 4.74 Å². The number of quaternary nitrogens is 1. The van der Waals surface area contributed by atoms with Gasteiger partial charge in [-0.15, -0.1) is 11.3 Å². The fourth-order valence-corrected chi connectivity index (χ4v) is 5.63. The molecule has 2 aliphatic heterocycles. The molecular weight excluding hydrogens is 398 g/mol. The van der Waals surface area contributed by atoms with Gasteiger partial charge in [-0.05, 0) is 48.9 Å². The number of fused-ring (bicyclic) bond motifs is 1. The van der Waals surface area contributed by atoms with Crippen LogP contribution in [0.2, 0.25) is 0 Å². The van der Waals surface area contributed by atoms with Gasteiger partial charge in [0.1, 0.15) is 17.3 Å². The first kappa shape index (κ1) is 20.9. The molecule has 2 N–H and O–H groups in total. The molecule has 160 valence electrons. The molecule has 3 amide bonds. The van der Waals surface area contributed by atoms with E-state index in [1.54, 1.807) is 7.11 Å². The Morgan fingerprint density at radius 2 is 2.03 bits per heavy atom. The lowest BCUT2D eigenvalue weighted by molar-refractivity contribution is -0.940. The number of nitrogens with one attached hydrogen (secondary N) is 2. The molecule has 1 aromatic heterocycles. The van der Waals surface area contributed by atoms with Crippen LogP contribution in [0.15, 0.2) is 35.7 Å². The minimum Gasteiger partial charge on any atom is -0.497 e. The summed E-state index contributed by atoms with van der Waals surface area (Å²) in [6.07, 6.45) is 3.29. The summed E-state index contributed by atoms with van der Waals surface area (Å²) in [6, 6.07) is 10.1. The topological polar surface area (TPSA) is 63.1 Å². The van der Waals surface area contributed by atoms with E-state index >= 15 is 0 Å². The van der Waals surface area contributed by atoms with E-state index < -0.39 is 5.54 Å². The van der Waals surface area contributed by atoms with Crippen LogP contribution < -0.4 is 15.0 Å². The highest BCUT2D eigenvalue weighted by Gasteiger charge is 2.49. The van der Waals surface area contributed by atoms with Crippen molar-refractivity contribution in [2.24, 2.45) is 0 Å². The second-order valence-electron chi connectivity index (χ2n) is 8.42. The molecule has 0 saturated carbocycles. The quantitative estimate of drug-likeness (QED) is 0.667. The maximum Gasteiger partial charge on any atom is 0.329 e. The zero-order valence-electron chi connectivity index (χ0n) is 17.9. The van der Waals surface area contributed by atoms with Crippen LogP contribution in [0.5, 0.6) is 5.75 Å². The van der Waals surface area contributed by atoms with Gasteiger partial charge in [-0.2, -0.15) is 0 Å². The number of ether oxygens (including phenoxy) is 1. The minimum absolute atomic E-state index is 0.112. The van der Waals surface area contributed by atoms with Crippen LogP contribution in [-0.4, -0.2) is 42.7 Å². The SMILES string of the molecule is CC[C@@H]1c2ccsc2CC[NH+]1CN1C(=O)N[C@](C)(CCc2ccc(OC)cc2)C1=O. The Balaban J connectivity index is 1.43. The molecular formula is C23H30N3O3S+. The van der Waals surface area contributed by atoms with Crippen molar-refractivity contribution in [2.45, 2.75) is 51.1 Å². The van der Waals surface area contributed by atoms with Gasteiger partial charge >= 0.3 is 6.03 Å². The molecule has 1 saturated heterocycles. The van der Waals surface area contributed by atoms with Gasteiger partial charge in [0.15, 0.2) is 6.67 Å². The van der Waals surface area contributed by atoms with Gasteiger partial charge in [0.2, 0.25) is 0 Å². The Kier molecular flexibility index (Phi) is 5.84. The summed E-state index contributed by atoms with van der Waals surface area (Å²) < 4.78 is 5.20. The largest absolute Gasteiger partial charge is 0.497 e. The highest BCUT2D eigenvalue weighted by atomic mass is 32.1. The molecule has 3 atom stereocenters. The van der Waals surface area contributed by atoms with Gasteiger partial charge in [0.25, 0.3) is 5.91 Å². The number of carbonyl (C=O) groups excluding carboxylic acids is 2. The lowest BCUT2D eigenvalue weighted by Gasteiger charge is -2.34. The lowest BCUT2D eigenvalue weighted by atomic mass is 9.93. The van der Waals surface area contributed by atoms with Crippen molar-refractivity contribution in [3.8, 4) is 5.75 Å². The summed E-state index contributed by atoms with van der Waals surface area (Å²) in [5.74, 6) is 0.699. The molecule has 1 fully saturated rings. The van der Waals surface area contributed by atoms with E-state index in [1.165, 1.54) is 20.2 Å². The van der Waals surface area contributed by atoms with Gasteiger partial charge in [-0.25, -0.2) is 9.69 Å². The van der Waals surface area contributed by atoms with Gasteiger partial charge in [0, 0.05) is 23.3 Å². The second-order valence-corrected chi connectivity index (χ2v) is 9.42. The molecule has 0 aliphatic carbocycles. The number of amides is 3. The predicted molar refractivity (Wildman–Crippen MR) is 117 cm³/mol. The van der Waals surface area contributed by atoms with E-state index in [2.05, 4.69) is 23.7 Å². The third-order valence-corrected chi connectivity index (χ3v) is 7.51. The third-order valence-electron chi connectivity index (χ3n) is 6.51. The predicted octanol–water partition coefficient (Wildman–Crippen LogP) is 2.55. The molecule has 4 rings (SSSR count). The number of carbonyl (C=O) groups is 2. The molecule has 1 aromatic carbocycles. The first-order valence-corrected chi connectivity index (χ1v) is 11.5. The second kappa shape index (κ2) is 8.40. The molecule has 2 aromatic rings. The number of rotatable bonds is 7. The van der Waals surface area contributed by atoms with Crippen molar-refractivity contribution in [3.63, 3.8) is 0 Å². The summed E-state index contributed by atoms with van der Waals surface area (Å²) in [5, 5.41) is 5.11. The van der Waals surface area contributed by atoms with Gasteiger partial charge in [-0.1, -0.05) is 19.1 Å². The summed E-state index contributed by atoms with van der Waals surface area (Å²) in [4.78, 5) is 30.1. The number of hydrogen-bond acceptors (Lipinski definition) is 4. The number of benzene rings is 1. The summed E-state index contributed by atoms with van der Waals surface area (Å²) in [5.41, 5.74) is 1.65. The minimum atomic E-state index is -0.860. The van der Waals surface area contributed by atoms with Crippen LogP contribution in [0.4, 0.5) is 4.79 Å². The first-order chi connectivity index (χ1) is 14.4. The van der Waals surface area contributed by atoms with Crippen LogP contribution in [0.3, 0.4) is 0 Å². The standard InChI is InChI=1S/C23H29N3O3S/c1-4-19-18-11-14-30-20(18)10-13-25(19)15-26-21(27)23(2,24-22(26)28)12-9-16-5-7-17(29-3)8-6-16/h5-8,11,14,19H,4,9-10,12-13,15H2,1-3H3,(H,24,28)/p+1/t19-,23-/m1/s1. The Morgan fingerprint density at radius 1 is 1.27 bits per heavy atom. The number of aryl methyl sites for hydroxylation is 1. The highest BCUT2D eigenvalue weighted by Crippen LogP contribution is 2.28. The molecule has 6 nitrogen and oxygen atoms in total. The van der Waals surface area contributed by atoms with E-state index in [-0.39, 0.29) is 11.9 Å². The average Bonchev–Trinajstić information content (AvgIpc) is 3.31. The number of hydrogen-bond donors (Lipinski definition) is 2. The molecule has 0 radical (unpaired) electrons. The Hall–Kier alpha value is -2.38. The Labute approximate surface area is 181 Å². The van der Waals surface area contributed by atoms with Gasteiger partial charge < -0.3 is 15.0 Å². The monoisotopic (exact) mass is 428 g/mol. The third kappa shape index (κ3) is 3.84. The Morgan fingerprint density at radius 3 is 2.73 bits per heavy atom. The molecule has 2 aliphatic rings. The van der Waals surface area contributed by atoms with Crippen molar-refractivity contribution in [1.82, 2.24) is 10.2 Å². The molecule has 0 bridgehead atoms. The average molecular weight is 429 g/mol. The number of nitrogens with zero attached hydrogens (tertiary/aromatic N) is 1. The van der Waals surface area contributed by atoms with E-state index in [9.17, 15) is 9.59 Å². The summed E-state index contributed by atoms with van der Waals surface area (Å²) in [7, 11) is 1.64. The van der Waals surface area contributed by atoms with Crippen LogP contribution in [0.1, 0.15) is 48.7 Å². The van der Waals surface area contributed by atoms with Crippen molar-refractivity contribution in [3.05, 3.63) is 51.7 Å². The maximum absolute atomic E-state index is 13.2. The summed E-state index contributed by atoms with van der Waals surface area (Å²) >= 11 is 1.82. The zero-order chi connectivity index (χ0) is 21.3. The van der Waals surface area contributed by atoms with Gasteiger partial charge in [-0.3, -0.25) is 4.79 Å². The number of methoxy groups -OCH3 is 1. The molecule has 3 heterocycles. The van der Waals surface area contributed by atoms with Crippen molar-refractivity contribution in [2.75, 3.05) is 20.3 Å². The van der Waals surface area contributed by atoms with Crippen LogP contribution in [0.25, 0.3) is 0 Å². The molecule has 7 heteroatoms. The normalized spacial score (nSPS) is 25.9. The van der Waals surface area contributed by atoms with E-state index in [1.807, 2.05) is 42.5 Å². The van der Waals surface area contributed by atoms with E-state index in [0.29, 0.717) is 25.6 Å². The number of thiophene rings is 1. The van der Waals surface area contributed by atoms with Crippen molar-refractivity contribution in [1.29, 1.82) is 0 Å².